The maximum absolute atomic E-state index is 11.4. The van der Waals surface area contributed by atoms with Crippen molar-refractivity contribution < 1.29 is 19.1 Å². The first-order valence-corrected chi connectivity index (χ1v) is 5.06. The third kappa shape index (κ3) is 2.68. The molecule has 2 unspecified atom stereocenters. The molecule has 5 nitrogen and oxygen atoms in total. The molecule has 0 N–H and O–H groups in total. The molecule has 1 saturated heterocycles. The summed E-state index contributed by atoms with van der Waals surface area (Å²) in [4.78, 5) is 24.1. The van der Waals surface area contributed by atoms with E-state index in [1.807, 2.05) is 6.92 Å². The molecule has 15 heavy (non-hydrogen) atoms. The van der Waals surface area contributed by atoms with Crippen LogP contribution in [-0.2, 0) is 14.3 Å². The van der Waals surface area contributed by atoms with Crippen molar-refractivity contribution in [1.82, 2.24) is 4.90 Å². The van der Waals surface area contributed by atoms with Crippen molar-refractivity contribution in [3.8, 4) is 0 Å². The number of carbonyl (C=O) groups excluding carboxylic acids is 2. The van der Waals surface area contributed by atoms with Crippen LogP contribution in [0.5, 0.6) is 0 Å². The average molecular weight is 215 g/mol. The van der Waals surface area contributed by atoms with Gasteiger partial charge in [-0.25, -0.2) is 4.79 Å². The van der Waals surface area contributed by atoms with Gasteiger partial charge in [0.15, 0.2) is 5.78 Å². The molecule has 0 aromatic carbocycles. The molecule has 2 atom stereocenters. The highest BCUT2D eigenvalue weighted by atomic mass is 16.5. The molecule has 1 heterocycles. The second kappa shape index (κ2) is 5.11. The van der Waals surface area contributed by atoms with Crippen molar-refractivity contribution >= 4 is 11.9 Å². The molecule has 0 aliphatic carbocycles. The summed E-state index contributed by atoms with van der Waals surface area (Å²) in [6.45, 7) is 4.40. The smallest absolute Gasteiger partial charge is 0.410 e. The lowest BCUT2D eigenvalue weighted by Gasteiger charge is -2.20. The first-order chi connectivity index (χ1) is 7.10. The minimum absolute atomic E-state index is 0.0254. The number of amides is 1. The van der Waals surface area contributed by atoms with E-state index in [-0.39, 0.29) is 11.9 Å². The number of likely N-dealkylation sites (tertiary alicyclic amines) is 1. The van der Waals surface area contributed by atoms with Crippen molar-refractivity contribution in [2.24, 2.45) is 0 Å². The molecule has 0 bridgehead atoms. The van der Waals surface area contributed by atoms with Gasteiger partial charge in [-0.3, -0.25) is 9.69 Å². The monoisotopic (exact) mass is 215 g/mol. The van der Waals surface area contributed by atoms with Crippen molar-refractivity contribution in [1.29, 1.82) is 0 Å². The van der Waals surface area contributed by atoms with Crippen molar-refractivity contribution in [3.63, 3.8) is 0 Å². The van der Waals surface area contributed by atoms with Crippen LogP contribution in [0.4, 0.5) is 4.79 Å². The molecule has 1 aliphatic rings. The maximum atomic E-state index is 11.4. The van der Waals surface area contributed by atoms with Crippen molar-refractivity contribution in [2.45, 2.75) is 32.4 Å². The lowest BCUT2D eigenvalue weighted by molar-refractivity contribution is -0.120. The third-order valence-corrected chi connectivity index (χ3v) is 2.54. The Bertz CT molecular complexity index is 254. The summed E-state index contributed by atoms with van der Waals surface area (Å²) in [5, 5.41) is 0. The molecule has 86 valence electrons. The van der Waals surface area contributed by atoms with Crippen LogP contribution in [0.1, 0.15) is 20.3 Å². The largest absolute Gasteiger partial charge is 0.453 e. The van der Waals surface area contributed by atoms with E-state index in [4.69, 9.17) is 4.74 Å². The molecule has 1 aliphatic heterocycles. The second-order valence-corrected chi connectivity index (χ2v) is 3.56. The summed E-state index contributed by atoms with van der Waals surface area (Å²) in [6, 6.07) is -0.394. The average Bonchev–Trinajstić information content (AvgIpc) is 2.61. The van der Waals surface area contributed by atoms with E-state index in [0.29, 0.717) is 19.6 Å². The van der Waals surface area contributed by atoms with Gasteiger partial charge >= 0.3 is 6.09 Å². The van der Waals surface area contributed by atoms with Crippen LogP contribution < -0.4 is 0 Å². The zero-order chi connectivity index (χ0) is 11.4. The molecule has 1 amide bonds. The number of hydrogen-bond donors (Lipinski definition) is 0. The minimum atomic E-state index is -0.461. The number of methoxy groups -OCH3 is 1. The van der Waals surface area contributed by atoms with Crippen LogP contribution in [-0.4, -0.2) is 49.2 Å². The summed E-state index contributed by atoms with van der Waals surface area (Å²) in [5.41, 5.74) is 0. The van der Waals surface area contributed by atoms with Crippen LogP contribution in [0.3, 0.4) is 0 Å². The van der Waals surface area contributed by atoms with Crippen molar-refractivity contribution in [2.75, 3.05) is 20.3 Å². The van der Waals surface area contributed by atoms with E-state index >= 15 is 0 Å². The first kappa shape index (κ1) is 12.0. The second-order valence-electron chi connectivity index (χ2n) is 3.56. The number of ether oxygens (including phenoxy) is 2. The predicted molar refractivity (Wildman–Crippen MR) is 53.6 cm³/mol. The summed E-state index contributed by atoms with van der Waals surface area (Å²) in [6.07, 6.45) is 0.0542. The summed E-state index contributed by atoms with van der Waals surface area (Å²) in [7, 11) is 1.31. The Morgan fingerprint density at radius 2 is 2.13 bits per heavy atom. The highest BCUT2D eigenvalue weighted by molar-refractivity contribution is 5.86. The summed E-state index contributed by atoms with van der Waals surface area (Å²) < 4.78 is 10.0. The fourth-order valence-corrected chi connectivity index (χ4v) is 1.86. The summed E-state index contributed by atoms with van der Waals surface area (Å²) in [5.74, 6) is -0.0254. The molecular weight excluding hydrogens is 198 g/mol. The molecule has 0 aromatic heterocycles. The van der Waals surface area contributed by atoms with Crippen molar-refractivity contribution in [3.05, 3.63) is 0 Å². The Labute approximate surface area is 89.3 Å². The Balaban J connectivity index is 2.67. The standard InChI is InChI=1S/C10H17NO4/c1-4-15-8-5-9(7(2)12)11(6-8)10(13)14-3/h8-9H,4-6H2,1-3H3. The molecule has 0 aromatic rings. The fourth-order valence-electron chi connectivity index (χ4n) is 1.86. The Hall–Kier alpha value is -1.10. The lowest BCUT2D eigenvalue weighted by atomic mass is 10.1. The Morgan fingerprint density at radius 1 is 1.47 bits per heavy atom. The van der Waals surface area contributed by atoms with E-state index in [0.717, 1.165) is 0 Å². The van der Waals surface area contributed by atoms with Gasteiger partial charge in [0, 0.05) is 13.0 Å². The molecule has 0 saturated carbocycles. The van der Waals surface area contributed by atoms with Gasteiger partial charge in [-0.05, 0) is 13.8 Å². The van der Waals surface area contributed by atoms with Gasteiger partial charge in [0.05, 0.1) is 25.8 Å². The first-order valence-electron chi connectivity index (χ1n) is 5.06. The van der Waals surface area contributed by atoms with Crippen LogP contribution in [0, 0.1) is 0 Å². The van der Waals surface area contributed by atoms with E-state index in [9.17, 15) is 9.59 Å². The quantitative estimate of drug-likeness (QED) is 0.699. The van der Waals surface area contributed by atoms with Gasteiger partial charge in [0.25, 0.3) is 0 Å². The van der Waals surface area contributed by atoms with Gasteiger partial charge in [0.2, 0.25) is 0 Å². The molecule has 5 heteroatoms. The van der Waals surface area contributed by atoms with E-state index in [1.165, 1.54) is 18.9 Å². The predicted octanol–water partition coefficient (Wildman–Crippen LogP) is 0.821. The lowest BCUT2D eigenvalue weighted by Crippen LogP contribution is -2.39. The number of nitrogens with zero attached hydrogens (tertiary/aromatic N) is 1. The third-order valence-electron chi connectivity index (χ3n) is 2.54. The highest BCUT2D eigenvalue weighted by Crippen LogP contribution is 2.21. The number of carbonyl (C=O) groups is 2. The van der Waals surface area contributed by atoms with Gasteiger partial charge in [-0.15, -0.1) is 0 Å². The number of rotatable bonds is 3. The zero-order valence-corrected chi connectivity index (χ0v) is 9.36. The number of Topliss-reactive ketones (excluding diaryl/α,β-unsaturated/α-hetero) is 1. The fraction of sp³-hybridized carbons (Fsp3) is 0.800. The van der Waals surface area contributed by atoms with Gasteiger partial charge in [-0.2, -0.15) is 0 Å². The normalized spacial score (nSPS) is 25.4. The van der Waals surface area contributed by atoms with Crippen LogP contribution >= 0.6 is 0 Å². The van der Waals surface area contributed by atoms with Gasteiger partial charge in [0.1, 0.15) is 0 Å². The number of ketones is 1. The SMILES string of the molecule is CCOC1CC(C(C)=O)N(C(=O)OC)C1. The van der Waals surface area contributed by atoms with E-state index < -0.39 is 12.1 Å². The molecule has 0 radical (unpaired) electrons. The van der Waals surface area contributed by atoms with Crippen LogP contribution in [0.2, 0.25) is 0 Å². The zero-order valence-electron chi connectivity index (χ0n) is 9.36. The number of hydrogen-bond acceptors (Lipinski definition) is 4. The van der Waals surface area contributed by atoms with Gasteiger partial charge in [-0.1, -0.05) is 0 Å². The summed E-state index contributed by atoms with van der Waals surface area (Å²) >= 11 is 0. The van der Waals surface area contributed by atoms with Crippen LogP contribution in [0.25, 0.3) is 0 Å². The molecular formula is C10H17NO4. The van der Waals surface area contributed by atoms with Gasteiger partial charge < -0.3 is 9.47 Å². The minimum Gasteiger partial charge on any atom is -0.453 e. The highest BCUT2D eigenvalue weighted by Gasteiger charge is 2.38. The van der Waals surface area contributed by atoms with Crippen LogP contribution in [0.15, 0.2) is 0 Å². The molecule has 1 rings (SSSR count). The Kier molecular flexibility index (Phi) is 4.08. The molecule has 1 fully saturated rings. The molecule has 0 spiro atoms. The maximum Gasteiger partial charge on any atom is 0.410 e. The van der Waals surface area contributed by atoms with E-state index in [1.54, 1.807) is 0 Å². The Morgan fingerprint density at radius 3 is 2.60 bits per heavy atom. The topological polar surface area (TPSA) is 55.8 Å². The van der Waals surface area contributed by atoms with E-state index in [2.05, 4.69) is 4.74 Å².